The summed E-state index contributed by atoms with van der Waals surface area (Å²) in [5, 5.41) is 5.03. The van der Waals surface area contributed by atoms with E-state index in [1.807, 2.05) is 0 Å². The van der Waals surface area contributed by atoms with Crippen molar-refractivity contribution >= 4 is 11.8 Å². The van der Waals surface area contributed by atoms with Crippen LogP contribution in [0, 0.1) is 17.6 Å². The fraction of sp³-hybridized carbons (Fsp3) is 0.467. The molecule has 1 saturated carbocycles. The van der Waals surface area contributed by atoms with Crippen LogP contribution in [0.2, 0.25) is 0 Å². The van der Waals surface area contributed by atoms with E-state index in [1.165, 1.54) is 25.3 Å². The van der Waals surface area contributed by atoms with E-state index in [4.69, 9.17) is 4.74 Å². The molecule has 5 nitrogen and oxygen atoms in total. The molecule has 1 aromatic rings. The molecule has 2 N–H and O–H groups in total. The van der Waals surface area contributed by atoms with Gasteiger partial charge in [0.2, 0.25) is 11.8 Å². The molecule has 0 aliphatic heterocycles. The number of nitrogens with one attached hydrogen (secondary N) is 2. The Hall–Kier alpha value is -2.02. The van der Waals surface area contributed by atoms with E-state index >= 15 is 0 Å². The molecule has 0 aromatic heterocycles. The Morgan fingerprint density at radius 1 is 1.27 bits per heavy atom. The van der Waals surface area contributed by atoms with Gasteiger partial charge in [-0.2, -0.15) is 0 Å². The predicted octanol–water partition coefficient (Wildman–Crippen LogP) is 0.947. The van der Waals surface area contributed by atoms with Gasteiger partial charge in [0.15, 0.2) is 0 Å². The summed E-state index contributed by atoms with van der Waals surface area (Å²) in [6.07, 6.45) is 0.384. The van der Waals surface area contributed by atoms with Crippen molar-refractivity contribution < 1.29 is 23.1 Å². The summed E-state index contributed by atoms with van der Waals surface area (Å²) in [7, 11) is 1.52. The van der Waals surface area contributed by atoms with Gasteiger partial charge in [0.25, 0.3) is 0 Å². The van der Waals surface area contributed by atoms with Gasteiger partial charge in [0.1, 0.15) is 11.6 Å². The molecule has 0 heterocycles. The number of methoxy groups -OCH3 is 1. The maximum absolute atomic E-state index is 13.6. The molecule has 0 spiro atoms. The number of ether oxygens (including phenoxy) is 1. The van der Waals surface area contributed by atoms with Gasteiger partial charge >= 0.3 is 0 Å². The van der Waals surface area contributed by atoms with Crippen molar-refractivity contribution in [2.75, 3.05) is 26.8 Å². The van der Waals surface area contributed by atoms with Gasteiger partial charge in [-0.1, -0.05) is 6.07 Å². The maximum atomic E-state index is 13.6. The molecule has 22 heavy (non-hydrogen) atoms. The first-order valence-electron chi connectivity index (χ1n) is 7.01. The highest BCUT2D eigenvalue weighted by Gasteiger charge is 2.46. The highest BCUT2D eigenvalue weighted by Crippen LogP contribution is 2.49. The topological polar surface area (TPSA) is 67.4 Å². The predicted molar refractivity (Wildman–Crippen MR) is 75.1 cm³/mol. The van der Waals surface area contributed by atoms with Crippen molar-refractivity contribution in [2.45, 2.75) is 12.3 Å². The molecule has 0 radical (unpaired) electrons. The molecule has 2 amide bonds. The van der Waals surface area contributed by atoms with E-state index in [2.05, 4.69) is 10.6 Å². The second kappa shape index (κ2) is 7.31. The number of rotatable bonds is 7. The Balaban J connectivity index is 1.80. The highest BCUT2D eigenvalue weighted by molar-refractivity contribution is 5.87. The van der Waals surface area contributed by atoms with Crippen LogP contribution in [0.3, 0.4) is 0 Å². The molecule has 1 fully saturated rings. The van der Waals surface area contributed by atoms with Crippen LogP contribution >= 0.6 is 0 Å². The van der Waals surface area contributed by atoms with E-state index in [-0.39, 0.29) is 23.9 Å². The first-order valence-corrected chi connectivity index (χ1v) is 7.01. The summed E-state index contributed by atoms with van der Waals surface area (Å²) in [6.45, 7) is 0.583. The van der Waals surface area contributed by atoms with Crippen molar-refractivity contribution in [1.82, 2.24) is 10.6 Å². The third-order valence-corrected chi connectivity index (χ3v) is 3.55. The summed E-state index contributed by atoms with van der Waals surface area (Å²) in [5.41, 5.74) is -0.0489. The lowest BCUT2D eigenvalue weighted by atomic mass is 10.1. The van der Waals surface area contributed by atoms with Crippen LogP contribution in [0.5, 0.6) is 0 Å². The van der Waals surface area contributed by atoms with Gasteiger partial charge in [-0.15, -0.1) is 0 Å². The summed E-state index contributed by atoms with van der Waals surface area (Å²) in [4.78, 5) is 23.3. The number of halogens is 2. The third-order valence-electron chi connectivity index (χ3n) is 3.55. The van der Waals surface area contributed by atoms with Gasteiger partial charge < -0.3 is 15.4 Å². The lowest BCUT2D eigenvalue weighted by Crippen LogP contribution is -2.38. The largest absolute Gasteiger partial charge is 0.383 e. The fourth-order valence-electron chi connectivity index (χ4n) is 2.32. The molecule has 0 unspecified atom stereocenters. The van der Waals surface area contributed by atoms with Gasteiger partial charge in [0.05, 0.1) is 13.2 Å². The van der Waals surface area contributed by atoms with Crippen LogP contribution < -0.4 is 10.6 Å². The number of hydrogen-bond donors (Lipinski definition) is 2. The van der Waals surface area contributed by atoms with Crippen LogP contribution in [0.25, 0.3) is 0 Å². The highest BCUT2D eigenvalue weighted by atomic mass is 19.1. The molecule has 1 aliphatic carbocycles. The minimum Gasteiger partial charge on any atom is -0.383 e. The average molecular weight is 312 g/mol. The Morgan fingerprint density at radius 2 is 1.95 bits per heavy atom. The zero-order valence-electron chi connectivity index (χ0n) is 12.2. The number of carbonyl (C=O) groups excluding carboxylic acids is 2. The van der Waals surface area contributed by atoms with E-state index < -0.39 is 23.5 Å². The van der Waals surface area contributed by atoms with Gasteiger partial charge in [-0.3, -0.25) is 9.59 Å². The van der Waals surface area contributed by atoms with E-state index in [1.54, 1.807) is 0 Å². The van der Waals surface area contributed by atoms with Crippen molar-refractivity contribution in [3.8, 4) is 0 Å². The quantitative estimate of drug-likeness (QED) is 0.737. The van der Waals surface area contributed by atoms with Crippen LogP contribution in [0.15, 0.2) is 18.2 Å². The standard InChI is InChI=1S/C15H18F2N2O3/c1-22-6-5-18-13(20)8-19-15(21)10-7-9(10)14-11(16)3-2-4-12(14)17/h2-4,9-10H,5-8H2,1H3,(H,18,20)(H,19,21)/t9-,10-/m0/s1. The Morgan fingerprint density at radius 3 is 2.59 bits per heavy atom. The lowest BCUT2D eigenvalue weighted by Gasteiger charge is -2.07. The Bertz CT molecular complexity index is 545. The lowest BCUT2D eigenvalue weighted by molar-refractivity contribution is -0.126. The molecule has 0 saturated heterocycles. The van der Waals surface area contributed by atoms with Gasteiger partial charge in [-0.05, 0) is 18.6 Å². The molecular formula is C15H18F2N2O3. The summed E-state index contributed by atoms with van der Waals surface area (Å²) < 4.78 is 32.0. The minimum atomic E-state index is -0.641. The molecule has 120 valence electrons. The van der Waals surface area contributed by atoms with Crippen LogP contribution in [-0.4, -0.2) is 38.6 Å². The normalized spacial score (nSPS) is 19.6. The molecule has 7 heteroatoms. The number of carbonyl (C=O) groups is 2. The van der Waals surface area contributed by atoms with Gasteiger partial charge in [0, 0.05) is 31.1 Å². The summed E-state index contributed by atoms with van der Waals surface area (Å²) >= 11 is 0. The first kappa shape index (κ1) is 16.4. The molecule has 0 bridgehead atoms. The molecule has 2 rings (SSSR count). The third kappa shape index (κ3) is 4.00. The second-order valence-electron chi connectivity index (χ2n) is 5.14. The maximum Gasteiger partial charge on any atom is 0.239 e. The van der Waals surface area contributed by atoms with Crippen molar-refractivity contribution in [2.24, 2.45) is 5.92 Å². The molecular weight excluding hydrogens is 294 g/mol. The van der Waals surface area contributed by atoms with Gasteiger partial charge in [-0.25, -0.2) is 8.78 Å². The van der Waals surface area contributed by atoms with Crippen molar-refractivity contribution in [3.63, 3.8) is 0 Å². The van der Waals surface area contributed by atoms with Crippen LogP contribution in [0.4, 0.5) is 8.78 Å². The van der Waals surface area contributed by atoms with Crippen molar-refractivity contribution in [1.29, 1.82) is 0 Å². The van der Waals surface area contributed by atoms with E-state index in [0.717, 1.165) is 0 Å². The molecule has 1 aliphatic rings. The summed E-state index contributed by atoms with van der Waals surface area (Å²) in [6, 6.07) is 3.64. The minimum absolute atomic E-state index is 0.0489. The Labute approximate surface area is 127 Å². The number of hydrogen-bond acceptors (Lipinski definition) is 3. The SMILES string of the molecule is COCCNC(=O)CNC(=O)[C@H]1C[C@@H]1c1c(F)cccc1F. The smallest absolute Gasteiger partial charge is 0.239 e. The van der Waals surface area contributed by atoms with Crippen molar-refractivity contribution in [3.05, 3.63) is 35.4 Å². The number of amides is 2. The summed E-state index contributed by atoms with van der Waals surface area (Å²) in [5.74, 6) is -2.93. The first-order chi connectivity index (χ1) is 10.5. The van der Waals surface area contributed by atoms with E-state index in [0.29, 0.717) is 19.6 Å². The van der Waals surface area contributed by atoms with Crippen LogP contribution in [0.1, 0.15) is 17.9 Å². The fourth-order valence-corrected chi connectivity index (χ4v) is 2.32. The monoisotopic (exact) mass is 312 g/mol. The average Bonchev–Trinajstić information content (AvgIpc) is 3.25. The second-order valence-corrected chi connectivity index (χ2v) is 5.14. The molecule has 2 atom stereocenters. The zero-order chi connectivity index (χ0) is 16.1. The van der Waals surface area contributed by atoms with Crippen LogP contribution in [-0.2, 0) is 14.3 Å². The van der Waals surface area contributed by atoms with E-state index in [9.17, 15) is 18.4 Å². The number of benzene rings is 1. The zero-order valence-corrected chi connectivity index (χ0v) is 12.2. The Kier molecular flexibility index (Phi) is 5.43. The molecule has 1 aromatic carbocycles.